The number of hydrogen-bond acceptors (Lipinski definition) is 5. The molecule has 0 spiro atoms. The fourth-order valence-corrected chi connectivity index (χ4v) is 3.94. The second-order valence-electron chi connectivity index (χ2n) is 5.49. The lowest BCUT2D eigenvalue weighted by Gasteiger charge is -2.35. The molecule has 134 valence electrons. The van der Waals surface area contributed by atoms with Crippen LogP contribution in [0.5, 0.6) is 0 Å². The van der Waals surface area contributed by atoms with Crippen LogP contribution in [-0.4, -0.2) is 36.9 Å². The summed E-state index contributed by atoms with van der Waals surface area (Å²) in [6, 6.07) is 3.53. The molecule has 2 unspecified atom stereocenters. The van der Waals surface area contributed by atoms with Crippen molar-refractivity contribution in [3.05, 3.63) is 47.1 Å². The van der Waals surface area contributed by atoms with E-state index < -0.39 is 34.0 Å². The van der Waals surface area contributed by atoms with Crippen LogP contribution in [0.3, 0.4) is 0 Å². The lowest BCUT2D eigenvalue weighted by molar-refractivity contribution is -0.120. The van der Waals surface area contributed by atoms with Crippen LogP contribution >= 0.6 is 11.6 Å². The van der Waals surface area contributed by atoms with Gasteiger partial charge in [-0.1, -0.05) is 16.8 Å². The van der Waals surface area contributed by atoms with E-state index in [1.54, 1.807) is 0 Å². The van der Waals surface area contributed by atoms with Crippen molar-refractivity contribution in [1.29, 1.82) is 0 Å². The summed E-state index contributed by atoms with van der Waals surface area (Å²) < 4.78 is 45.8. The van der Waals surface area contributed by atoms with Gasteiger partial charge in [0.05, 0.1) is 11.1 Å². The molecule has 0 bridgehead atoms. The first-order valence-electron chi connectivity index (χ1n) is 7.19. The second kappa shape index (κ2) is 6.71. The van der Waals surface area contributed by atoms with Gasteiger partial charge < -0.3 is 9.84 Å². The molecular formula is C14H14ClFN4O4S. The first kappa shape index (κ1) is 17.8. The zero-order valence-corrected chi connectivity index (χ0v) is 14.5. The van der Waals surface area contributed by atoms with Crippen LogP contribution in [0.2, 0.25) is 5.02 Å². The largest absolute Gasteiger partial charge is 0.364 e. The number of amides is 1. The van der Waals surface area contributed by atoms with Crippen molar-refractivity contribution in [2.45, 2.75) is 18.5 Å². The number of halogens is 2. The van der Waals surface area contributed by atoms with Gasteiger partial charge in [0.15, 0.2) is 0 Å². The highest BCUT2D eigenvalue weighted by Crippen LogP contribution is 2.28. The Balaban J connectivity index is 1.83. The zero-order chi connectivity index (χ0) is 18.2. The predicted molar refractivity (Wildman–Crippen MR) is 87.5 cm³/mol. The molecule has 0 aliphatic carbocycles. The van der Waals surface area contributed by atoms with Crippen molar-refractivity contribution in [2.75, 3.05) is 12.4 Å². The number of nitrogens with one attached hydrogen (secondary N) is 2. The molecular weight excluding hydrogens is 375 g/mol. The van der Waals surface area contributed by atoms with Gasteiger partial charge in [0, 0.05) is 18.8 Å². The predicted octanol–water partition coefficient (Wildman–Crippen LogP) is 1.69. The maximum atomic E-state index is 13.2. The maximum Gasteiger partial charge on any atom is 0.280 e. The normalized spacial score (nSPS) is 23.3. The van der Waals surface area contributed by atoms with E-state index in [0.717, 1.165) is 10.4 Å². The number of nitrogens with zero attached hydrogens (tertiary/aromatic N) is 2. The lowest BCUT2D eigenvalue weighted by Crippen LogP contribution is -2.56. The average molecular weight is 389 g/mol. The third-order valence-corrected chi connectivity index (χ3v) is 5.76. The fraction of sp³-hybridized carbons (Fsp3) is 0.286. The van der Waals surface area contributed by atoms with Crippen LogP contribution < -0.4 is 10.0 Å². The molecule has 8 nitrogen and oxygen atoms in total. The summed E-state index contributed by atoms with van der Waals surface area (Å²) in [5.74, 6) is -1.18. The van der Waals surface area contributed by atoms with Crippen LogP contribution in [0.25, 0.3) is 0 Å². The summed E-state index contributed by atoms with van der Waals surface area (Å²) in [5, 5.41) is 6.12. The zero-order valence-electron chi connectivity index (χ0n) is 12.9. The standard InChI is InChI=1S/C14H14ClFN4O4S/c1-20-13(14(21)17-8-2-3-10(16)9(15)6-8)7-12(19-25(20,22)23)11-4-5-24-18-11/h2-6,12-13,19H,7H2,1H3,(H,17,21). The van der Waals surface area contributed by atoms with Crippen molar-refractivity contribution < 1.29 is 22.1 Å². The van der Waals surface area contributed by atoms with E-state index in [9.17, 15) is 17.6 Å². The Labute approximate surface area is 148 Å². The van der Waals surface area contributed by atoms with Crippen molar-refractivity contribution in [2.24, 2.45) is 0 Å². The van der Waals surface area contributed by atoms with Crippen LogP contribution in [0.15, 0.2) is 35.1 Å². The van der Waals surface area contributed by atoms with Gasteiger partial charge in [0.1, 0.15) is 23.8 Å². The first-order chi connectivity index (χ1) is 11.8. The molecule has 25 heavy (non-hydrogen) atoms. The molecule has 1 fully saturated rings. The molecule has 2 N–H and O–H groups in total. The van der Waals surface area contributed by atoms with Gasteiger partial charge in [-0.2, -0.15) is 17.4 Å². The quantitative estimate of drug-likeness (QED) is 0.832. The minimum atomic E-state index is -3.88. The Morgan fingerprint density at radius 1 is 1.48 bits per heavy atom. The van der Waals surface area contributed by atoms with E-state index in [2.05, 4.69) is 15.2 Å². The van der Waals surface area contributed by atoms with Crippen LogP contribution in [-0.2, 0) is 15.0 Å². The van der Waals surface area contributed by atoms with Gasteiger partial charge in [-0.3, -0.25) is 4.79 Å². The SMILES string of the molecule is CN1C(C(=O)Nc2ccc(F)c(Cl)c2)CC(c2ccon2)NS1(=O)=O. The summed E-state index contributed by atoms with van der Waals surface area (Å²) in [6.45, 7) is 0. The number of aromatic nitrogens is 1. The number of likely N-dealkylation sites (N-methyl/N-ethyl adjacent to an activating group) is 1. The van der Waals surface area contributed by atoms with E-state index in [1.807, 2.05) is 0 Å². The minimum absolute atomic E-state index is 0.142. The van der Waals surface area contributed by atoms with Crippen molar-refractivity contribution in [3.63, 3.8) is 0 Å². The Morgan fingerprint density at radius 2 is 2.24 bits per heavy atom. The molecule has 3 rings (SSSR count). The molecule has 2 aromatic rings. The number of benzene rings is 1. The maximum absolute atomic E-state index is 13.2. The van der Waals surface area contributed by atoms with E-state index in [1.165, 1.54) is 31.5 Å². The fourth-order valence-electron chi connectivity index (χ4n) is 2.50. The Kier molecular flexibility index (Phi) is 4.78. The molecule has 2 atom stereocenters. The molecule has 11 heteroatoms. The highest BCUT2D eigenvalue weighted by atomic mass is 35.5. The summed E-state index contributed by atoms with van der Waals surface area (Å²) in [5.41, 5.74) is 0.637. The first-order valence-corrected chi connectivity index (χ1v) is 9.01. The number of hydrogen-bond donors (Lipinski definition) is 2. The van der Waals surface area contributed by atoms with E-state index in [4.69, 9.17) is 16.1 Å². The molecule has 1 saturated heterocycles. The molecule has 2 heterocycles. The second-order valence-corrected chi connectivity index (χ2v) is 7.65. The lowest BCUT2D eigenvalue weighted by atomic mass is 10.0. The van der Waals surface area contributed by atoms with Gasteiger partial charge in [-0.25, -0.2) is 4.39 Å². The summed E-state index contributed by atoms with van der Waals surface area (Å²) in [4.78, 5) is 12.6. The molecule has 1 aromatic heterocycles. The van der Waals surface area contributed by atoms with Gasteiger partial charge in [-0.05, 0) is 24.6 Å². The third-order valence-electron chi connectivity index (χ3n) is 3.87. The molecule has 1 aliphatic rings. The van der Waals surface area contributed by atoms with E-state index in [0.29, 0.717) is 5.69 Å². The smallest absolute Gasteiger partial charge is 0.280 e. The van der Waals surface area contributed by atoms with E-state index in [-0.39, 0.29) is 17.1 Å². The summed E-state index contributed by atoms with van der Waals surface area (Å²) in [6.07, 6.45) is 1.46. The van der Waals surface area contributed by atoms with Crippen molar-refractivity contribution in [1.82, 2.24) is 14.2 Å². The minimum Gasteiger partial charge on any atom is -0.364 e. The van der Waals surface area contributed by atoms with E-state index >= 15 is 0 Å². The molecule has 1 aliphatic heterocycles. The van der Waals surface area contributed by atoms with Crippen LogP contribution in [0.4, 0.5) is 10.1 Å². The third kappa shape index (κ3) is 3.66. The van der Waals surface area contributed by atoms with Gasteiger partial charge >= 0.3 is 0 Å². The number of carbonyl (C=O) groups excluding carboxylic acids is 1. The molecule has 0 saturated carbocycles. The van der Waals surface area contributed by atoms with Gasteiger partial charge in [0.25, 0.3) is 10.2 Å². The van der Waals surface area contributed by atoms with Crippen molar-refractivity contribution in [3.8, 4) is 0 Å². The Morgan fingerprint density at radius 3 is 2.88 bits per heavy atom. The average Bonchev–Trinajstić information content (AvgIpc) is 3.07. The van der Waals surface area contributed by atoms with Crippen LogP contribution in [0, 0.1) is 5.82 Å². The molecule has 1 amide bonds. The summed E-state index contributed by atoms with van der Waals surface area (Å²) >= 11 is 5.69. The van der Waals surface area contributed by atoms with Crippen LogP contribution in [0.1, 0.15) is 18.2 Å². The summed E-state index contributed by atoms with van der Waals surface area (Å²) in [7, 11) is -2.59. The number of carbonyl (C=O) groups is 1. The number of anilines is 1. The molecule has 1 aromatic carbocycles. The monoisotopic (exact) mass is 388 g/mol. The Hall–Kier alpha value is -2.01. The van der Waals surface area contributed by atoms with Gasteiger partial charge in [-0.15, -0.1) is 0 Å². The highest BCUT2D eigenvalue weighted by molar-refractivity contribution is 7.87. The topological polar surface area (TPSA) is 105 Å². The molecule has 0 radical (unpaired) electrons. The van der Waals surface area contributed by atoms with Crippen molar-refractivity contribution >= 4 is 33.4 Å². The highest BCUT2D eigenvalue weighted by Gasteiger charge is 2.41. The number of rotatable bonds is 3. The Bertz CT molecular complexity index is 890. The van der Waals surface area contributed by atoms with Gasteiger partial charge in [0.2, 0.25) is 5.91 Å².